The monoisotopic (exact) mass is 238 g/mol. The number of carbonyl (C=O) groups excluding carboxylic acids is 1. The highest BCUT2D eigenvalue weighted by Gasteiger charge is 2.18. The highest BCUT2D eigenvalue weighted by molar-refractivity contribution is 5.81. The van der Waals surface area contributed by atoms with E-state index in [1.807, 2.05) is 46.8 Å². The second-order valence-corrected chi connectivity index (χ2v) is 5.35. The summed E-state index contributed by atoms with van der Waals surface area (Å²) in [7, 11) is 0. The second-order valence-electron chi connectivity index (χ2n) is 5.35. The molecule has 0 saturated carbocycles. The SMILES string of the molecule is Cc1ccc(CNC(C)C(=O)NC(C)(C)C)o1. The van der Waals surface area contributed by atoms with Gasteiger partial charge in [-0.05, 0) is 46.8 Å². The number of carbonyl (C=O) groups is 1. The van der Waals surface area contributed by atoms with Crippen LogP contribution in [-0.2, 0) is 11.3 Å². The fourth-order valence-corrected chi connectivity index (χ4v) is 1.40. The van der Waals surface area contributed by atoms with Crippen LogP contribution in [0.3, 0.4) is 0 Å². The zero-order chi connectivity index (χ0) is 13.1. The van der Waals surface area contributed by atoms with Gasteiger partial charge in [0.1, 0.15) is 11.5 Å². The zero-order valence-electron chi connectivity index (χ0n) is 11.3. The van der Waals surface area contributed by atoms with Gasteiger partial charge in [-0.15, -0.1) is 0 Å². The van der Waals surface area contributed by atoms with E-state index < -0.39 is 0 Å². The minimum atomic E-state index is -0.236. The number of hydrogen-bond acceptors (Lipinski definition) is 3. The van der Waals surface area contributed by atoms with Crippen LogP contribution in [0, 0.1) is 6.92 Å². The van der Waals surface area contributed by atoms with Crippen LogP contribution < -0.4 is 10.6 Å². The average molecular weight is 238 g/mol. The minimum Gasteiger partial charge on any atom is -0.465 e. The standard InChI is InChI=1S/C13H22N2O2/c1-9-6-7-11(17-9)8-14-10(2)12(16)15-13(3,4)5/h6-7,10,14H,8H2,1-5H3,(H,15,16). The molecular formula is C13H22N2O2. The van der Waals surface area contributed by atoms with Crippen molar-refractivity contribution in [2.75, 3.05) is 0 Å². The van der Waals surface area contributed by atoms with E-state index in [0.717, 1.165) is 11.5 Å². The summed E-state index contributed by atoms with van der Waals surface area (Å²) in [4.78, 5) is 11.8. The molecule has 0 fully saturated rings. The molecule has 1 heterocycles. The van der Waals surface area contributed by atoms with Crippen LogP contribution in [0.15, 0.2) is 16.5 Å². The summed E-state index contributed by atoms with van der Waals surface area (Å²) in [6.45, 7) is 10.2. The van der Waals surface area contributed by atoms with E-state index in [9.17, 15) is 4.79 Å². The van der Waals surface area contributed by atoms with Crippen molar-refractivity contribution in [3.8, 4) is 0 Å². The van der Waals surface area contributed by atoms with Gasteiger partial charge in [-0.2, -0.15) is 0 Å². The Balaban J connectivity index is 2.39. The Morgan fingerprint density at radius 2 is 2.06 bits per heavy atom. The third-order valence-corrected chi connectivity index (χ3v) is 2.27. The lowest BCUT2D eigenvalue weighted by atomic mass is 10.1. The molecule has 0 bridgehead atoms. The molecule has 96 valence electrons. The maximum absolute atomic E-state index is 11.8. The summed E-state index contributed by atoms with van der Waals surface area (Å²) < 4.78 is 5.42. The second kappa shape index (κ2) is 5.36. The highest BCUT2D eigenvalue weighted by Crippen LogP contribution is 2.06. The number of aryl methyl sites for hydroxylation is 1. The smallest absolute Gasteiger partial charge is 0.237 e. The molecule has 4 heteroatoms. The summed E-state index contributed by atoms with van der Waals surface area (Å²) in [6.07, 6.45) is 0. The van der Waals surface area contributed by atoms with Gasteiger partial charge in [0.15, 0.2) is 0 Å². The van der Waals surface area contributed by atoms with Crippen molar-refractivity contribution in [2.24, 2.45) is 0 Å². The summed E-state index contributed by atoms with van der Waals surface area (Å²) >= 11 is 0. The molecule has 0 aliphatic rings. The summed E-state index contributed by atoms with van der Waals surface area (Å²) in [5.41, 5.74) is -0.200. The fraction of sp³-hybridized carbons (Fsp3) is 0.615. The molecular weight excluding hydrogens is 216 g/mol. The van der Waals surface area contributed by atoms with E-state index in [2.05, 4.69) is 10.6 Å². The van der Waals surface area contributed by atoms with Crippen LogP contribution in [0.1, 0.15) is 39.2 Å². The number of nitrogens with one attached hydrogen (secondary N) is 2. The van der Waals surface area contributed by atoms with Crippen LogP contribution in [0.5, 0.6) is 0 Å². The lowest BCUT2D eigenvalue weighted by Gasteiger charge is -2.23. The van der Waals surface area contributed by atoms with E-state index in [1.54, 1.807) is 0 Å². The first-order valence-electron chi connectivity index (χ1n) is 5.88. The maximum atomic E-state index is 11.8. The van der Waals surface area contributed by atoms with Gasteiger partial charge in [-0.1, -0.05) is 0 Å². The zero-order valence-corrected chi connectivity index (χ0v) is 11.3. The van der Waals surface area contributed by atoms with Gasteiger partial charge in [0, 0.05) is 5.54 Å². The lowest BCUT2D eigenvalue weighted by Crippen LogP contribution is -2.49. The Bertz CT molecular complexity index is 377. The molecule has 1 aromatic heterocycles. The molecule has 1 atom stereocenters. The fourth-order valence-electron chi connectivity index (χ4n) is 1.40. The predicted molar refractivity (Wildman–Crippen MR) is 67.6 cm³/mol. The van der Waals surface area contributed by atoms with Crippen LogP contribution >= 0.6 is 0 Å². The molecule has 4 nitrogen and oxygen atoms in total. The molecule has 1 aromatic rings. The highest BCUT2D eigenvalue weighted by atomic mass is 16.3. The van der Waals surface area contributed by atoms with E-state index in [-0.39, 0.29) is 17.5 Å². The first kappa shape index (κ1) is 13.8. The van der Waals surface area contributed by atoms with Crippen LogP contribution in [0.25, 0.3) is 0 Å². The quantitative estimate of drug-likeness (QED) is 0.843. The molecule has 0 aliphatic heterocycles. The van der Waals surface area contributed by atoms with Gasteiger partial charge in [-0.25, -0.2) is 0 Å². The lowest BCUT2D eigenvalue weighted by molar-refractivity contribution is -0.124. The molecule has 0 aromatic carbocycles. The number of furan rings is 1. The van der Waals surface area contributed by atoms with E-state index in [1.165, 1.54) is 0 Å². The largest absolute Gasteiger partial charge is 0.465 e. The topological polar surface area (TPSA) is 54.3 Å². The molecule has 2 N–H and O–H groups in total. The summed E-state index contributed by atoms with van der Waals surface area (Å²) in [6, 6.07) is 3.59. The molecule has 0 saturated heterocycles. The van der Waals surface area contributed by atoms with Crippen molar-refractivity contribution >= 4 is 5.91 Å². The van der Waals surface area contributed by atoms with Gasteiger partial charge in [0.25, 0.3) is 0 Å². The Morgan fingerprint density at radius 1 is 1.41 bits per heavy atom. The van der Waals surface area contributed by atoms with Gasteiger partial charge in [0.2, 0.25) is 5.91 Å². The van der Waals surface area contributed by atoms with Gasteiger partial charge in [0.05, 0.1) is 12.6 Å². The molecule has 1 rings (SSSR count). The Kier molecular flexibility index (Phi) is 4.34. The van der Waals surface area contributed by atoms with Crippen LogP contribution in [0.2, 0.25) is 0 Å². The van der Waals surface area contributed by atoms with E-state index in [0.29, 0.717) is 6.54 Å². The maximum Gasteiger partial charge on any atom is 0.237 e. The van der Waals surface area contributed by atoms with Gasteiger partial charge < -0.3 is 9.73 Å². The number of rotatable bonds is 4. The molecule has 1 unspecified atom stereocenters. The summed E-state index contributed by atoms with van der Waals surface area (Å²) in [5, 5.41) is 6.06. The van der Waals surface area contributed by atoms with E-state index >= 15 is 0 Å². The van der Waals surface area contributed by atoms with Crippen molar-refractivity contribution in [3.63, 3.8) is 0 Å². The molecule has 0 spiro atoms. The van der Waals surface area contributed by atoms with Crippen molar-refractivity contribution in [1.82, 2.24) is 10.6 Å². The first-order chi connectivity index (χ1) is 7.78. The summed E-state index contributed by atoms with van der Waals surface area (Å²) in [5.74, 6) is 1.73. The van der Waals surface area contributed by atoms with Crippen molar-refractivity contribution in [3.05, 3.63) is 23.7 Å². The Morgan fingerprint density at radius 3 is 2.53 bits per heavy atom. The molecule has 0 radical (unpaired) electrons. The minimum absolute atomic E-state index is 0.000720. The van der Waals surface area contributed by atoms with Gasteiger partial charge >= 0.3 is 0 Å². The number of hydrogen-bond donors (Lipinski definition) is 2. The third-order valence-electron chi connectivity index (χ3n) is 2.27. The molecule has 1 amide bonds. The number of amides is 1. The van der Waals surface area contributed by atoms with Crippen LogP contribution in [0.4, 0.5) is 0 Å². The van der Waals surface area contributed by atoms with Crippen molar-refractivity contribution in [1.29, 1.82) is 0 Å². The average Bonchev–Trinajstić information content (AvgIpc) is 2.58. The van der Waals surface area contributed by atoms with Crippen molar-refractivity contribution < 1.29 is 9.21 Å². The normalized spacial score (nSPS) is 13.5. The third kappa shape index (κ3) is 5.04. The first-order valence-corrected chi connectivity index (χ1v) is 5.88. The predicted octanol–water partition coefficient (Wildman–Crippen LogP) is 1.98. The molecule has 17 heavy (non-hydrogen) atoms. The van der Waals surface area contributed by atoms with E-state index in [4.69, 9.17) is 4.42 Å². The Labute approximate surface area is 103 Å². The Hall–Kier alpha value is -1.29. The molecule has 0 aliphatic carbocycles. The van der Waals surface area contributed by atoms with Crippen molar-refractivity contribution in [2.45, 2.75) is 52.7 Å². The van der Waals surface area contributed by atoms with Crippen LogP contribution in [-0.4, -0.2) is 17.5 Å². The van der Waals surface area contributed by atoms with Gasteiger partial charge in [-0.3, -0.25) is 10.1 Å².